The summed E-state index contributed by atoms with van der Waals surface area (Å²) in [5, 5.41) is 4.77. The van der Waals surface area contributed by atoms with E-state index >= 15 is 0 Å². The van der Waals surface area contributed by atoms with E-state index in [1.165, 1.54) is 18.9 Å². The van der Waals surface area contributed by atoms with Crippen molar-refractivity contribution in [2.24, 2.45) is 0 Å². The van der Waals surface area contributed by atoms with Crippen LogP contribution in [-0.2, 0) is 16.1 Å². The molecule has 26 heavy (non-hydrogen) atoms. The third-order valence-corrected chi connectivity index (χ3v) is 4.72. The predicted molar refractivity (Wildman–Crippen MR) is 102 cm³/mol. The molecule has 1 aromatic heterocycles. The van der Waals surface area contributed by atoms with E-state index in [4.69, 9.17) is 0 Å². The molecule has 1 heterocycles. The van der Waals surface area contributed by atoms with Gasteiger partial charge in [0, 0.05) is 11.9 Å². The number of carbonyl (C=O) groups is 2. The molecule has 0 fully saturated rings. The molecule has 0 aliphatic carbocycles. The van der Waals surface area contributed by atoms with Crippen LogP contribution in [0.2, 0.25) is 0 Å². The molecule has 3 aromatic rings. The summed E-state index contributed by atoms with van der Waals surface area (Å²) >= 11 is 1.40. The average Bonchev–Trinajstić information content (AvgIpc) is 2.70. The topological polar surface area (TPSA) is 68.3 Å². The number of carbonyl (C=O) groups excluding carboxylic acids is 2. The zero-order valence-corrected chi connectivity index (χ0v) is 15.1. The molecule has 3 rings (SSSR count). The van der Waals surface area contributed by atoms with Gasteiger partial charge in [-0.1, -0.05) is 48.2 Å². The van der Waals surface area contributed by atoms with Crippen LogP contribution >= 0.6 is 11.8 Å². The predicted octanol–water partition coefficient (Wildman–Crippen LogP) is 3.43. The highest BCUT2D eigenvalue weighted by molar-refractivity contribution is 7.99. The number of ether oxygens (including phenoxy) is 1. The van der Waals surface area contributed by atoms with Crippen molar-refractivity contribution in [2.75, 3.05) is 12.9 Å². The molecule has 0 unspecified atom stereocenters. The summed E-state index contributed by atoms with van der Waals surface area (Å²) in [4.78, 5) is 28.0. The van der Waals surface area contributed by atoms with Gasteiger partial charge in [0.1, 0.15) is 0 Å². The lowest BCUT2D eigenvalue weighted by molar-refractivity contribution is -0.118. The zero-order valence-electron chi connectivity index (χ0n) is 14.3. The van der Waals surface area contributed by atoms with Crippen molar-refractivity contribution in [1.29, 1.82) is 0 Å². The zero-order chi connectivity index (χ0) is 18.4. The fraction of sp³-hybridized carbons (Fsp3) is 0.150. The maximum atomic E-state index is 12.0. The van der Waals surface area contributed by atoms with Crippen LogP contribution in [0.15, 0.2) is 65.7 Å². The lowest BCUT2D eigenvalue weighted by Crippen LogP contribution is -2.24. The first-order chi connectivity index (χ1) is 12.7. The molecule has 132 valence electrons. The second kappa shape index (κ2) is 8.49. The monoisotopic (exact) mass is 366 g/mol. The number of pyridine rings is 1. The Balaban J connectivity index is 1.50. The van der Waals surface area contributed by atoms with Crippen LogP contribution in [-0.4, -0.2) is 29.7 Å². The third kappa shape index (κ3) is 4.61. The Hall–Kier alpha value is -2.86. The van der Waals surface area contributed by atoms with E-state index in [-0.39, 0.29) is 11.9 Å². The van der Waals surface area contributed by atoms with Crippen molar-refractivity contribution >= 4 is 34.5 Å². The quantitative estimate of drug-likeness (QED) is 0.535. The van der Waals surface area contributed by atoms with E-state index in [0.717, 1.165) is 21.5 Å². The molecule has 5 nitrogen and oxygen atoms in total. The van der Waals surface area contributed by atoms with E-state index in [0.29, 0.717) is 17.9 Å². The van der Waals surface area contributed by atoms with Gasteiger partial charge in [0.2, 0.25) is 5.91 Å². The van der Waals surface area contributed by atoms with Crippen LogP contribution in [0, 0.1) is 0 Å². The molecule has 6 heteroatoms. The molecule has 0 spiro atoms. The molecular formula is C20H18N2O3S. The van der Waals surface area contributed by atoms with Crippen molar-refractivity contribution in [3.05, 3.63) is 71.8 Å². The van der Waals surface area contributed by atoms with Crippen LogP contribution in [0.4, 0.5) is 0 Å². The lowest BCUT2D eigenvalue weighted by atomic mass is 10.1. The maximum Gasteiger partial charge on any atom is 0.337 e. The van der Waals surface area contributed by atoms with E-state index in [9.17, 15) is 9.59 Å². The first kappa shape index (κ1) is 17.9. The molecule has 0 aliphatic rings. The van der Waals surface area contributed by atoms with Gasteiger partial charge in [0.25, 0.3) is 0 Å². The van der Waals surface area contributed by atoms with Gasteiger partial charge in [-0.05, 0) is 29.8 Å². The Kier molecular flexibility index (Phi) is 5.86. The number of para-hydroxylation sites is 1. The average molecular weight is 366 g/mol. The Labute approximate surface area is 155 Å². The van der Waals surface area contributed by atoms with E-state index in [2.05, 4.69) is 15.0 Å². The summed E-state index contributed by atoms with van der Waals surface area (Å²) in [5.74, 6) is -0.146. The molecule has 0 bridgehead atoms. The molecule has 1 amide bonds. The summed E-state index contributed by atoms with van der Waals surface area (Å²) in [6.45, 7) is 0.409. The molecular weight excluding hydrogens is 348 g/mol. The number of nitrogens with one attached hydrogen (secondary N) is 1. The molecule has 0 radical (unpaired) electrons. The molecule has 0 aliphatic heterocycles. The molecule has 0 saturated heterocycles. The fourth-order valence-electron chi connectivity index (χ4n) is 2.40. The highest BCUT2D eigenvalue weighted by atomic mass is 32.2. The van der Waals surface area contributed by atoms with Crippen LogP contribution in [0.1, 0.15) is 15.9 Å². The number of benzene rings is 2. The number of fused-ring (bicyclic) bond motifs is 1. The number of esters is 1. The summed E-state index contributed by atoms with van der Waals surface area (Å²) in [5.41, 5.74) is 2.32. The number of nitrogens with zero attached hydrogens (tertiary/aromatic N) is 1. The normalized spacial score (nSPS) is 10.5. The first-order valence-electron chi connectivity index (χ1n) is 8.08. The first-order valence-corrected chi connectivity index (χ1v) is 9.07. The third-order valence-electron chi connectivity index (χ3n) is 3.79. The van der Waals surface area contributed by atoms with Gasteiger partial charge in [-0.15, -0.1) is 0 Å². The van der Waals surface area contributed by atoms with Crippen molar-refractivity contribution in [3.63, 3.8) is 0 Å². The minimum Gasteiger partial charge on any atom is -0.465 e. The minimum atomic E-state index is -0.375. The van der Waals surface area contributed by atoms with Crippen molar-refractivity contribution in [3.8, 4) is 0 Å². The van der Waals surface area contributed by atoms with Crippen molar-refractivity contribution in [2.45, 2.75) is 11.6 Å². The molecule has 1 N–H and O–H groups in total. The molecule has 0 saturated carbocycles. The standard InChI is InChI=1S/C20H18N2O3S/c1-25-20(24)16-8-6-14(7-9-16)12-21-18(23)13-26-19-11-10-15-4-2-3-5-17(15)22-19/h2-11H,12-13H2,1H3,(H,21,23). The van der Waals surface area contributed by atoms with Gasteiger partial charge in [0.05, 0.1) is 29.0 Å². The number of hydrogen-bond donors (Lipinski definition) is 1. The lowest BCUT2D eigenvalue weighted by Gasteiger charge is -2.06. The van der Waals surface area contributed by atoms with Gasteiger partial charge in [0.15, 0.2) is 0 Å². The van der Waals surface area contributed by atoms with Crippen LogP contribution in [0.25, 0.3) is 10.9 Å². The largest absolute Gasteiger partial charge is 0.465 e. The van der Waals surface area contributed by atoms with Crippen LogP contribution in [0.3, 0.4) is 0 Å². The summed E-state index contributed by atoms with van der Waals surface area (Å²) in [7, 11) is 1.35. The SMILES string of the molecule is COC(=O)c1ccc(CNC(=O)CSc2ccc3ccccc3n2)cc1. The van der Waals surface area contributed by atoms with E-state index in [1.807, 2.05) is 36.4 Å². The number of methoxy groups -OCH3 is 1. The summed E-state index contributed by atoms with van der Waals surface area (Å²) in [6.07, 6.45) is 0. The number of aromatic nitrogens is 1. The molecule has 0 atom stereocenters. The number of hydrogen-bond acceptors (Lipinski definition) is 5. The Bertz CT molecular complexity index is 926. The highest BCUT2D eigenvalue weighted by Gasteiger charge is 2.07. The van der Waals surface area contributed by atoms with Crippen molar-refractivity contribution < 1.29 is 14.3 Å². The second-order valence-electron chi connectivity index (χ2n) is 5.60. The van der Waals surface area contributed by atoms with Gasteiger partial charge >= 0.3 is 5.97 Å². The number of amides is 1. The number of rotatable bonds is 6. The van der Waals surface area contributed by atoms with Crippen LogP contribution in [0.5, 0.6) is 0 Å². The van der Waals surface area contributed by atoms with Gasteiger partial charge in [-0.3, -0.25) is 4.79 Å². The van der Waals surface area contributed by atoms with Gasteiger partial charge < -0.3 is 10.1 Å². The van der Waals surface area contributed by atoms with Gasteiger partial charge in [-0.2, -0.15) is 0 Å². The van der Waals surface area contributed by atoms with E-state index in [1.54, 1.807) is 24.3 Å². The summed E-state index contributed by atoms with van der Waals surface area (Å²) in [6, 6.07) is 18.8. The van der Waals surface area contributed by atoms with E-state index < -0.39 is 0 Å². The number of thioether (sulfide) groups is 1. The molecule has 2 aromatic carbocycles. The smallest absolute Gasteiger partial charge is 0.337 e. The van der Waals surface area contributed by atoms with Crippen LogP contribution < -0.4 is 5.32 Å². The Morgan fingerprint density at radius 1 is 1.04 bits per heavy atom. The minimum absolute atomic E-state index is 0.0676. The Morgan fingerprint density at radius 2 is 1.81 bits per heavy atom. The van der Waals surface area contributed by atoms with Crippen molar-refractivity contribution in [1.82, 2.24) is 10.3 Å². The summed E-state index contributed by atoms with van der Waals surface area (Å²) < 4.78 is 4.66. The maximum absolute atomic E-state index is 12.0. The van der Waals surface area contributed by atoms with Gasteiger partial charge in [-0.25, -0.2) is 9.78 Å². The highest BCUT2D eigenvalue weighted by Crippen LogP contribution is 2.19. The fourth-order valence-corrected chi connectivity index (χ4v) is 3.10. The second-order valence-corrected chi connectivity index (χ2v) is 6.59. The Morgan fingerprint density at radius 3 is 2.58 bits per heavy atom.